The van der Waals surface area contributed by atoms with E-state index in [0.29, 0.717) is 0 Å². The van der Waals surface area contributed by atoms with Crippen LogP contribution in [0.4, 0.5) is 0 Å². The molecule has 0 N–H and O–H groups in total. The van der Waals surface area contributed by atoms with E-state index in [-0.39, 0.29) is 0 Å². The monoisotopic (exact) mass is 233 g/mol. The van der Waals surface area contributed by atoms with E-state index in [1.54, 1.807) is 5.57 Å². The van der Waals surface area contributed by atoms with Crippen molar-refractivity contribution in [2.24, 2.45) is 11.8 Å². The molecule has 0 spiro atoms. The van der Waals surface area contributed by atoms with Gasteiger partial charge >= 0.3 is 0 Å². The fourth-order valence-electron chi connectivity index (χ4n) is 3.75. The third kappa shape index (κ3) is 2.29. The van der Waals surface area contributed by atoms with Gasteiger partial charge in [0.15, 0.2) is 0 Å². The van der Waals surface area contributed by atoms with E-state index >= 15 is 0 Å². The zero-order valence-corrected chi connectivity index (χ0v) is 11.8. The Morgan fingerprint density at radius 3 is 2.29 bits per heavy atom. The van der Waals surface area contributed by atoms with E-state index in [2.05, 4.69) is 18.5 Å². The largest absolute Gasteiger partial charge is 0.378 e. The Labute approximate surface area is 107 Å². The van der Waals surface area contributed by atoms with Crippen LogP contribution in [0.5, 0.6) is 0 Å². The topological polar surface area (TPSA) is 3.24 Å². The lowest BCUT2D eigenvalue weighted by atomic mass is 9.72. The molecule has 1 aliphatic heterocycles. The number of likely N-dealkylation sites (tertiary alicyclic amines) is 1. The molecule has 0 amide bonds. The molecule has 3 rings (SSSR count). The first-order chi connectivity index (χ1) is 8.25. The summed E-state index contributed by atoms with van der Waals surface area (Å²) in [5, 5.41) is 0. The second kappa shape index (κ2) is 5.29. The van der Waals surface area contributed by atoms with E-state index in [9.17, 15) is 0 Å². The second-order valence-electron chi connectivity index (χ2n) is 5.56. The molecule has 96 valence electrons. The summed E-state index contributed by atoms with van der Waals surface area (Å²) in [7, 11) is 2.21. The first kappa shape index (κ1) is 12.7. The summed E-state index contributed by atoms with van der Waals surface area (Å²) < 4.78 is 0. The molecule has 0 saturated carbocycles. The molecule has 0 radical (unpaired) electrons. The number of allylic oxidation sites excluding steroid dienone is 3. The van der Waals surface area contributed by atoms with Gasteiger partial charge in [0.2, 0.25) is 0 Å². The van der Waals surface area contributed by atoms with Gasteiger partial charge in [0.25, 0.3) is 0 Å². The summed E-state index contributed by atoms with van der Waals surface area (Å²) in [5.74, 6) is 1.67. The van der Waals surface area contributed by atoms with E-state index in [0.717, 1.165) is 11.8 Å². The smallest absolute Gasteiger partial charge is 0.0209 e. The summed E-state index contributed by atoms with van der Waals surface area (Å²) >= 11 is 0. The molecule has 0 aromatic rings. The maximum Gasteiger partial charge on any atom is 0.0209 e. The maximum atomic E-state index is 4.26. The molecule has 0 aromatic carbocycles. The fourth-order valence-corrected chi connectivity index (χ4v) is 3.75. The van der Waals surface area contributed by atoms with Gasteiger partial charge < -0.3 is 4.90 Å². The van der Waals surface area contributed by atoms with Gasteiger partial charge in [0.1, 0.15) is 0 Å². The van der Waals surface area contributed by atoms with Crippen molar-refractivity contribution in [1.82, 2.24) is 4.90 Å². The van der Waals surface area contributed by atoms with Crippen LogP contribution >= 0.6 is 0 Å². The van der Waals surface area contributed by atoms with Crippen molar-refractivity contribution in [2.45, 2.75) is 52.4 Å². The van der Waals surface area contributed by atoms with Crippen LogP contribution in [0.25, 0.3) is 0 Å². The van der Waals surface area contributed by atoms with Gasteiger partial charge in [-0.3, -0.25) is 0 Å². The zero-order chi connectivity index (χ0) is 12.4. The third-order valence-corrected chi connectivity index (χ3v) is 4.68. The Bertz CT molecular complexity index is 326. The van der Waals surface area contributed by atoms with Crippen molar-refractivity contribution < 1.29 is 0 Å². The quantitative estimate of drug-likeness (QED) is 0.562. The number of rotatable bonds is 0. The molecular formula is C16H27N. The van der Waals surface area contributed by atoms with Crippen LogP contribution in [0.15, 0.2) is 23.4 Å². The van der Waals surface area contributed by atoms with Gasteiger partial charge in [-0.1, -0.05) is 31.6 Å². The highest BCUT2D eigenvalue weighted by atomic mass is 15.1. The predicted molar refractivity (Wildman–Crippen MR) is 74.8 cm³/mol. The van der Waals surface area contributed by atoms with Crippen LogP contribution in [0.3, 0.4) is 0 Å². The Hall–Kier alpha value is -0.720. The first-order valence-electron chi connectivity index (χ1n) is 7.35. The van der Waals surface area contributed by atoms with Gasteiger partial charge in [-0.2, -0.15) is 0 Å². The van der Waals surface area contributed by atoms with E-state index in [4.69, 9.17) is 0 Å². The van der Waals surface area contributed by atoms with Crippen LogP contribution in [-0.2, 0) is 0 Å². The molecular weight excluding hydrogens is 206 g/mol. The lowest BCUT2D eigenvalue weighted by molar-refractivity contribution is 0.370. The zero-order valence-electron chi connectivity index (χ0n) is 11.8. The standard InChI is InChI=1S/C14H21N.C2H6/c1-10-14-8-12-6-4-3-5-11(12)7-13(14)9-15(10)2;1-2/h13-14H,1,3-9H2,2H3;1-2H3. The van der Waals surface area contributed by atoms with E-state index in [1.807, 2.05) is 19.4 Å². The summed E-state index contributed by atoms with van der Waals surface area (Å²) in [6.07, 6.45) is 8.36. The van der Waals surface area contributed by atoms with Crippen LogP contribution in [-0.4, -0.2) is 18.5 Å². The van der Waals surface area contributed by atoms with Gasteiger partial charge in [-0.05, 0) is 44.4 Å². The second-order valence-corrected chi connectivity index (χ2v) is 5.56. The Balaban J connectivity index is 0.000000514. The first-order valence-corrected chi connectivity index (χ1v) is 7.35. The summed E-state index contributed by atoms with van der Waals surface area (Å²) in [6.45, 7) is 9.51. The highest BCUT2D eigenvalue weighted by molar-refractivity contribution is 5.27. The fraction of sp³-hybridized carbons (Fsp3) is 0.750. The van der Waals surface area contributed by atoms with Crippen LogP contribution in [0.1, 0.15) is 52.4 Å². The highest BCUT2D eigenvalue weighted by Crippen LogP contribution is 2.47. The van der Waals surface area contributed by atoms with Gasteiger partial charge in [-0.15, -0.1) is 0 Å². The van der Waals surface area contributed by atoms with Crippen LogP contribution in [0.2, 0.25) is 0 Å². The number of hydrogen-bond acceptors (Lipinski definition) is 1. The molecule has 1 saturated heterocycles. The third-order valence-electron chi connectivity index (χ3n) is 4.68. The molecule has 0 aromatic heterocycles. The molecule has 0 bridgehead atoms. The average molecular weight is 233 g/mol. The number of hydrogen-bond donors (Lipinski definition) is 0. The van der Waals surface area contributed by atoms with Crippen molar-refractivity contribution in [1.29, 1.82) is 0 Å². The van der Waals surface area contributed by atoms with Crippen molar-refractivity contribution >= 4 is 0 Å². The molecule has 1 nitrogen and oxygen atoms in total. The Morgan fingerprint density at radius 1 is 1.06 bits per heavy atom. The summed E-state index contributed by atoms with van der Waals surface area (Å²) in [4.78, 5) is 2.38. The van der Waals surface area contributed by atoms with Crippen molar-refractivity contribution in [3.8, 4) is 0 Å². The molecule has 1 heterocycles. The Kier molecular flexibility index (Phi) is 3.96. The van der Waals surface area contributed by atoms with Crippen molar-refractivity contribution in [2.75, 3.05) is 13.6 Å². The van der Waals surface area contributed by atoms with Crippen molar-refractivity contribution in [3.63, 3.8) is 0 Å². The van der Waals surface area contributed by atoms with E-state index < -0.39 is 0 Å². The summed E-state index contributed by atoms with van der Waals surface area (Å²) in [5.41, 5.74) is 5.03. The minimum absolute atomic E-state index is 0.784. The van der Waals surface area contributed by atoms with Crippen molar-refractivity contribution in [3.05, 3.63) is 23.4 Å². The van der Waals surface area contributed by atoms with Gasteiger partial charge in [-0.25, -0.2) is 0 Å². The maximum absolute atomic E-state index is 4.26. The minimum Gasteiger partial charge on any atom is -0.378 e. The Morgan fingerprint density at radius 2 is 1.65 bits per heavy atom. The minimum atomic E-state index is 0.784. The average Bonchev–Trinajstić information content (AvgIpc) is 2.65. The number of fused-ring (bicyclic) bond motifs is 1. The molecule has 3 aliphatic rings. The number of nitrogens with zero attached hydrogens (tertiary/aromatic N) is 1. The summed E-state index contributed by atoms with van der Waals surface area (Å²) in [6, 6.07) is 0. The van der Waals surface area contributed by atoms with Crippen LogP contribution < -0.4 is 0 Å². The van der Waals surface area contributed by atoms with Crippen LogP contribution in [0, 0.1) is 11.8 Å². The molecule has 1 heteroatoms. The predicted octanol–water partition coefficient (Wildman–Crippen LogP) is 4.37. The lowest BCUT2D eigenvalue weighted by Crippen LogP contribution is -2.21. The lowest BCUT2D eigenvalue weighted by Gasteiger charge is -2.32. The molecule has 17 heavy (non-hydrogen) atoms. The molecule has 2 unspecified atom stereocenters. The van der Waals surface area contributed by atoms with Gasteiger partial charge in [0, 0.05) is 25.2 Å². The normalized spacial score (nSPS) is 31.7. The van der Waals surface area contributed by atoms with E-state index in [1.165, 1.54) is 50.8 Å². The molecule has 2 aliphatic carbocycles. The molecule has 1 fully saturated rings. The SMILES string of the molecule is C=C1C2CC3=C(CCCC3)CC2CN1C.CC. The molecule has 2 atom stereocenters. The highest BCUT2D eigenvalue weighted by Gasteiger charge is 2.38. The van der Waals surface area contributed by atoms with Gasteiger partial charge in [0.05, 0.1) is 0 Å².